The SMILES string of the molecule is O=C(c1ccccc1)c1cc(CCNC(=O)C2CCC2)c2ccccc2c1. The summed E-state index contributed by atoms with van der Waals surface area (Å²) in [6, 6.07) is 21.4. The van der Waals surface area contributed by atoms with Crippen LogP contribution in [0.15, 0.2) is 66.7 Å². The number of nitrogens with one attached hydrogen (secondary N) is 1. The van der Waals surface area contributed by atoms with Gasteiger partial charge in [-0.3, -0.25) is 9.59 Å². The lowest BCUT2D eigenvalue weighted by Gasteiger charge is -2.24. The maximum Gasteiger partial charge on any atom is 0.223 e. The largest absolute Gasteiger partial charge is 0.356 e. The van der Waals surface area contributed by atoms with Gasteiger partial charge in [0.2, 0.25) is 5.91 Å². The molecule has 0 aliphatic heterocycles. The lowest BCUT2D eigenvalue weighted by atomic mass is 9.85. The van der Waals surface area contributed by atoms with Crippen LogP contribution in [0.1, 0.15) is 40.7 Å². The van der Waals surface area contributed by atoms with E-state index >= 15 is 0 Å². The monoisotopic (exact) mass is 357 g/mol. The fraction of sp³-hybridized carbons (Fsp3) is 0.250. The van der Waals surface area contributed by atoms with Crippen molar-refractivity contribution in [3.63, 3.8) is 0 Å². The van der Waals surface area contributed by atoms with E-state index in [4.69, 9.17) is 0 Å². The van der Waals surface area contributed by atoms with E-state index < -0.39 is 0 Å². The van der Waals surface area contributed by atoms with E-state index in [2.05, 4.69) is 11.4 Å². The quantitative estimate of drug-likeness (QED) is 0.659. The van der Waals surface area contributed by atoms with Gasteiger partial charge in [0.05, 0.1) is 0 Å². The standard InChI is InChI=1S/C24H23NO2/c26-23(17-7-2-1-3-8-17)21-15-19-9-4-5-12-22(19)20(16-21)13-14-25-24(27)18-10-6-11-18/h1-5,7-9,12,15-16,18H,6,10-11,13-14H2,(H,25,27). The van der Waals surface area contributed by atoms with E-state index in [-0.39, 0.29) is 17.6 Å². The van der Waals surface area contributed by atoms with E-state index in [1.807, 2.05) is 60.7 Å². The predicted octanol–water partition coefficient (Wildman–Crippen LogP) is 4.53. The Bertz CT molecular complexity index is 974. The molecule has 1 amide bonds. The molecule has 0 bridgehead atoms. The molecule has 1 aliphatic carbocycles. The normalized spacial score (nSPS) is 13.9. The minimum atomic E-state index is 0.0288. The third-order valence-corrected chi connectivity index (χ3v) is 5.42. The number of ketones is 1. The van der Waals surface area contributed by atoms with Gasteiger partial charge in [-0.2, -0.15) is 0 Å². The molecule has 1 saturated carbocycles. The Morgan fingerprint density at radius 1 is 0.889 bits per heavy atom. The second-order valence-electron chi connectivity index (χ2n) is 7.22. The van der Waals surface area contributed by atoms with Gasteiger partial charge >= 0.3 is 0 Å². The van der Waals surface area contributed by atoms with E-state index in [1.165, 1.54) is 0 Å². The molecule has 1 N–H and O–H groups in total. The Balaban J connectivity index is 1.58. The lowest BCUT2D eigenvalue weighted by Crippen LogP contribution is -2.35. The van der Waals surface area contributed by atoms with Gasteiger partial charge in [-0.25, -0.2) is 0 Å². The Hall–Kier alpha value is -2.94. The van der Waals surface area contributed by atoms with Crippen molar-refractivity contribution in [3.8, 4) is 0 Å². The highest BCUT2D eigenvalue weighted by atomic mass is 16.2. The van der Waals surface area contributed by atoms with Crippen molar-refractivity contribution in [1.82, 2.24) is 5.32 Å². The second kappa shape index (κ2) is 7.75. The van der Waals surface area contributed by atoms with Gasteiger partial charge in [-0.1, -0.05) is 61.0 Å². The van der Waals surface area contributed by atoms with Crippen LogP contribution in [-0.4, -0.2) is 18.2 Å². The van der Waals surface area contributed by atoms with Crippen LogP contribution in [0.2, 0.25) is 0 Å². The number of fused-ring (bicyclic) bond motifs is 1. The number of rotatable bonds is 6. The number of carbonyl (C=O) groups excluding carboxylic acids is 2. The van der Waals surface area contributed by atoms with Gasteiger partial charge in [0.1, 0.15) is 0 Å². The summed E-state index contributed by atoms with van der Waals surface area (Å²) in [4.78, 5) is 25.0. The molecular weight excluding hydrogens is 334 g/mol. The van der Waals surface area contributed by atoms with Gasteiger partial charge in [0, 0.05) is 23.6 Å². The van der Waals surface area contributed by atoms with Crippen LogP contribution in [-0.2, 0) is 11.2 Å². The number of benzene rings is 3. The smallest absolute Gasteiger partial charge is 0.223 e. The molecule has 136 valence electrons. The first-order valence-electron chi connectivity index (χ1n) is 9.61. The van der Waals surface area contributed by atoms with Crippen LogP contribution < -0.4 is 5.32 Å². The zero-order valence-electron chi connectivity index (χ0n) is 15.3. The third kappa shape index (κ3) is 3.77. The molecule has 3 aromatic carbocycles. The summed E-state index contributed by atoms with van der Waals surface area (Å²) >= 11 is 0. The van der Waals surface area contributed by atoms with Crippen molar-refractivity contribution >= 4 is 22.5 Å². The van der Waals surface area contributed by atoms with Crippen LogP contribution >= 0.6 is 0 Å². The van der Waals surface area contributed by atoms with Crippen LogP contribution in [0.25, 0.3) is 10.8 Å². The molecule has 0 unspecified atom stereocenters. The maximum atomic E-state index is 12.9. The van der Waals surface area contributed by atoms with Crippen LogP contribution in [0.4, 0.5) is 0 Å². The molecule has 3 heteroatoms. The van der Waals surface area contributed by atoms with E-state index in [9.17, 15) is 9.59 Å². The molecule has 0 saturated heterocycles. The molecule has 3 aromatic rings. The number of carbonyl (C=O) groups is 2. The predicted molar refractivity (Wildman–Crippen MR) is 108 cm³/mol. The van der Waals surface area contributed by atoms with Crippen molar-refractivity contribution in [2.24, 2.45) is 5.92 Å². The molecule has 3 nitrogen and oxygen atoms in total. The third-order valence-electron chi connectivity index (χ3n) is 5.42. The zero-order chi connectivity index (χ0) is 18.6. The maximum absolute atomic E-state index is 12.9. The van der Waals surface area contributed by atoms with Gasteiger partial charge in [-0.15, -0.1) is 0 Å². The highest BCUT2D eigenvalue weighted by Gasteiger charge is 2.24. The van der Waals surface area contributed by atoms with Crippen LogP contribution in [0.5, 0.6) is 0 Å². The average molecular weight is 357 g/mol. The van der Waals surface area contributed by atoms with E-state index in [1.54, 1.807) is 0 Å². The zero-order valence-corrected chi connectivity index (χ0v) is 15.3. The topological polar surface area (TPSA) is 46.2 Å². The molecule has 0 heterocycles. The molecule has 27 heavy (non-hydrogen) atoms. The van der Waals surface area contributed by atoms with Gasteiger partial charge < -0.3 is 5.32 Å². The van der Waals surface area contributed by atoms with Crippen molar-refractivity contribution in [2.45, 2.75) is 25.7 Å². The minimum Gasteiger partial charge on any atom is -0.356 e. The summed E-state index contributed by atoms with van der Waals surface area (Å²) in [5, 5.41) is 5.25. The molecule has 1 fully saturated rings. The number of hydrogen-bond donors (Lipinski definition) is 1. The Morgan fingerprint density at radius 3 is 2.37 bits per heavy atom. The summed E-state index contributed by atoms with van der Waals surface area (Å²) in [5.74, 6) is 0.399. The highest BCUT2D eigenvalue weighted by Crippen LogP contribution is 2.26. The number of hydrogen-bond acceptors (Lipinski definition) is 2. The Kier molecular flexibility index (Phi) is 5.01. The second-order valence-corrected chi connectivity index (χ2v) is 7.22. The first kappa shape index (κ1) is 17.5. The minimum absolute atomic E-state index is 0.0288. The van der Waals surface area contributed by atoms with Gasteiger partial charge in [-0.05, 0) is 47.7 Å². The fourth-order valence-corrected chi connectivity index (χ4v) is 3.62. The van der Waals surface area contributed by atoms with Crippen molar-refractivity contribution < 1.29 is 9.59 Å². The molecule has 0 atom stereocenters. The summed E-state index contributed by atoms with van der Waals surface area (Å²) in [5.41, 5.74) is 2.48. The van der Waals surface area contributed by atoms with Crippen molar-refractivity contribution in [2.75, 3.05) is 6.54 Å². The first-order chi connectivity index (χ1) is 13.2. The van der Waals surface area contributed by atoms with Crippen LogP contribution in [0.3, 0.4) is 0 Å². The summed E-state index contributed by atoms with van der Waals surface area (Å²) in [6.45, 7) is 0.600. The Morgan fingerprint density at radius 2 is 1.63 bits per heavy atom. The summed E-state index contributed by atoms with van der Waals surface area (Å²) in [6.07, 6.45) is 3.90. The molecule has 1 aliphatic rings. The molecule has 0 radical (unpaired) electrons. The van der Waals surface area contributed by atoms with Crippen LogP contribution in [0, 0.1) is 5.92 Å². The van der Waals surface area contributed by atoms with Crippen molar-refractivity contribution in [3.05, 3.63) is 83.4 Å². The van der Waals surface area contributed by atoms with Crippen molar-refractivity contribution in [1.29, 1.82) is 0 Å². The fourth-order valence-electron chi connectivity index (χ4n) is 3.62. The molecular formula is C24H23NO2. The average Bonchev–Trinajstić information content (AvgIpc) is 2.66. The summed E-state index contributed by atoms with van der Waals surface area (Å²) in [7, 11) is 0. The Labute approximate surface area is 159 Å². The molecule has 0 spiro atoms. The van der Waals surface area contributed by atoms with Gasteiger partial charge in [0.25, 0.3) is 0 Å². The number of amides is 1. The molecule has 4 rings (SSSR count). The highest BCUT2D eigenvalue weighted by molar-refractivity contribution is 6.11. The van der Waals surface area contributed by atoms with Gasteiger partial charge in [0.15, 0.2) is 5.78 Å². The van der Waals surface area contributed by atoms with E-state index in [0.717, 1.165) is 42.0 Å². The first-order valence-corrected chi connectivity index (χ1v) is 9.61. The molecule has 0 aromatic heterocycles. The lowest BCUT2D eigenvalue weighted by molar-refractivity contribution is -0.127. The summed E-state index contributed by atoms with van der Waals surface area (Å²) < 4.78 is 0. The van der Waals surface area contributed by atoms with E-state index in [0.29, 0.717) is 17.7 Å².